The SMILES string of the molecule is CC(C)=NNC(=O)[C@H]1CC=C[C@H]1C(Cl)Cl. The van der Waals surface area contributed by atoms with E-state index in [1.54, 1.807) is 0 Å². The first-order valence-corrected chi connectivity index (χ1v) is 5.65. The van der Waals surface area contributed by atoms with Crippen LogP contribution in [0.2, 0.25) is 0 Å². The number of hydrogen-bond acceptors (Lipinski definition) is 2. The molecule has 1 amide bonds. The molecule has 0 saturated carbocycles. The molecule has 3 nitrogen and oxygen atoms in total. The number of alkyl halides is 2. The molecule has 1 aliphatic rings. The van der Waals surface area contributed by atoms with E-state index in [1.165, 1.54) is 0 Å². The Balaban J connectivity index is 2.57. The molecule has 1 rings (SSSR count). The number of nitrogens with one attached hydrogen (secondary N) is 1. The highest BCUT2D eigenvalue weighted by molar-refractivity contribution is 6.44. The zero-order chi connectivity index (χ0) is 11.4. The number of carbonyl (C=O) groups excluding carboxylic acids is 1. The normalized spacial score (nSPS) is 24.3. The topological polar surface area (TPSA) is 41.5 Å². The lowest BCUT2D eigenvalue weighted by molar-refractivity contribution is -0.125. The molecule has 0 aromatic carbocycles. The molecule has 1 aliphatic carbocycles. The minimum Gasteiger partial charge on any atom is -0.273 e. The van der Waals surface area contributed by atoms with E-state index in [1.807, 2.05) is 26.0 Å². The van der Waals surface area contributed by atoms with Crippen molar-refractivity contribution in [3.05, 3.63) is 12.2 Å². The van der Waals surface area contributed by atoms with E-state index in [0.717, 1.165) is 5.71 Å². The third-order valence-electron chi connectivity index (χ3n) is 2.23. The Morgan fingerprint density at radius 3 is 2.73 bits per heavy atom. The van der Waals surface area contributed by atoms with E-state index in [2.05, 4.69) is 10.5 Å². The van der Waals surface area contributed by atoms with Gasteiger partial charge in [-0.2, -0.15) is 5.10 Å². The number of hydrazone groups is 1. The average Bonchev–Trinajstić information content (AvgIpc) is 2.62. The van der Waals surface area contributed by atoms with Gasteiger partial charge in [0.15, 0.2) is 0 Å². The molecule has 5 heteroatoms. The van der Waals surface area contributed by atoms with Crippen molar-refractivity contribution in [2.24, 2.45) is 16.9 Å². The molecule has 0 aromatic heterocycles. The van der Waals surface area contributed by atoms with Crippen molar-refractivity contribution < 1.29 is 4.79 Å². The Morgan fingerprint density at radius 1 is 1.53 bits per heavy atom. The summed E-state index contributed by atoms with van der Waals surface area (Å²) in [6.07, 6.45) is 4.48. The lowest BCUT2D eigenvalue weighted by Gasteiger charge is -2.18. The van der Waals surface area contributed by atoms with Gasteiger partial charge in [0.05, 0.1) is 5.92 Å². The Morgan fingerprint density at radius 2 is 2.20 bits per heavy atom. The van der Waals surface area contributed by atoms with Crippen LogP contribution in [0, 0.1) is 11.8 Å². The summed E-state index contributed by atoms with van der Waals surface area (Å²) in [6.45, 7) is 3.63. The zero-order valence-corrected chi connectivity index (χ0v) is 10.2. The van der Waals surface area contributed by atoms with Gasteiger partial charge < -0.3 is 0 Å². The summed E-state index contributed by atoms with van der Waals surface area (Å²) in [5.41, 5.74) is 3.31. The second kappa shape index (κ2) is 5.52. The summed E-state index contributed by atoms with van der Waals surface area (Å²) in [5, 5.41) is 3.87. The van der Waals surface area contributed by atoms with Gasteiger partial charge in [-0.25, -0.2) is 5.43 Å². The minimum absolute atomic E-state index is 0.110. The first-order chi connectivity index (χ1) is 7.02. The summed E-state index contributed by atoms with van der Waals surface area (Å²) in [4.78, 5) is 11.1. The van der Waals surface area contributed by atoms with Gasteiger partial charge in [0.2, 0.25) is 5.91 Å². The third kappa shape index (κ3) is 3.50. The van der Waals surface area contributed by atoms with Crippen molar-refractivity contribution >= 4 is 34.8 Å². The van der Waals surface area contributed by atoms with Gasteiger partial charge in [0.25, 0.3) is 0 Å². The molecular formula is C10H14Cl2N2O. The van der Waals surface area contributed by atoms with Gasteiger partial charge >= 0.3 is 0 Å². The van der Waals surface area contributed by atoms with Gasteiger partial charge in [0, 0.05) is 11.6 Å². The maximum Gasteiger partial charge on any atom is 0.244 e. The minimum atomic E-state index is -0.550. The monoisotopic (exact) mass is 248 g/mol. The van der Waals surface area contributed by atoms with Gasteiger partial charge in [-0.15, -0.1) is 23.2 Å². The third-order valence-corrected chi connectivity index (χ3v) is 2.81. The fourth-order valence-corrected chi connectivity index (χ4v) is 1.98. The van der Waals surface area contributed by atoms with E-state index in [9.17, 15) is 4.79 Å². The lowest BCUT2D eigenvalue weighted by Crippen LogP contribution is -2.32. The molecule has 0 aromatic rings. The van der Waals surface area contributed by atoms with E-state index >= 15 is 0 Å². The second-order valence-corrected chi connectivity index (χ2v) is 4.88. The molecule has 0 radical (unpaired) electrons. The summed E-state index contributed by atoms with van der Waals surface area (Å²) in [6, 6.07) is 0. The van der Waals surface area contributed by atoms with Crippen LogP contribution in [-0.4, -0.2) is 16.5 Å². The average molecular weight is 249 g/mol. The molecule has 0 heterocycles. The molecule has 0 bridgehead atoms. The van der Waals surface area contributed by atoms with E-state index in [4.69, 9.17) is 23.2 Å². The quantitative estimate of drug-likeness (QED) is 0.355. The molecule has 0 unspecified atom stereocenters. The fraction of sp³-hybridized carbons (Fsp3) is 0.600. The number of carbonyl (C=O) groups is 1. The Bertz CT molecular complexity index is 296. The van der Waals surface area contributed by atoms with Crippen molar-refractivity contribution in [2.75, 3.05) is 0 Å². The highest BCUT2D eigenvalue weighted by Crippen LogP contribution is 2.32. The lowest BCUT2D eigenvalue weighted by atomic mass is 9.96. The number of allylic oxidation sites excluding steroid dienone is 2. The molecular weight excluding hydrogens is 235 g/mol. The van der Waals surface area contributed by atoms with Crippen molar-refractivity contribution in [3.63, 3.8) is 0 Å². The molecule has 0 spiro atoms. The Labute approximate surface area is 99.5 Å². The van der Waals surface area contributed by atoms with Crippen LogP contribution < -0.4 is 5.43 Å². The Hall–Kier alpha value is -0.540. The number of amides is 1. The molecule has 84 valence electrons. The molecule has 1 N–H and O–H groups in total. The maximum absolute atomic E-state index is 11.7. The van der Waals surface area contributed by atoms with Crippen molar-refractivity contribution in [2.45, 2.75) is 25.1 Å². The van der Waals surface area contributed by atoms with Gasteiger partial charge in [-0.05, 0) is 20.3 Å². The second-order valence-electron chi connectivity index (χ2n) is 3.72. The summed E-state index contributed by atoms with van der Waals surface area (Å²) in [7, 11) is 0. The maximum atomic E-state index is 11.7. The summed E-state index contributed by atoms with van der Waals surface area (Å²) in [5.74, 6) is -0.439. The van der Waals surface area contributed by atoms with Crippen molar-refractivity contribution in [3.8, 4) is 0 Å². The number of halogens is 2. The van der Waals surface area contributed by atoms with Crippen LogP contribution in [0.1, 0.15) is 20.3 Å². The number of hydrogen-bond donors (Lipinski definition) is 1. The highest BCUT2D eigenvalue weighted by Gasteiger charge is 2.33. The van der Waals surface area contributed by atoms with Crippen LogP contribution >= 0.6 is 23.2 Å². The van der Waals surface area contributed by atoms with Crippen molar-refractivity contribution in [1.82, 2.24) is 5.43 Å². The fourth-order valence-electron chi connectivity index (χ4n) is 1.46. The van der Waals surface area contributed by atoms with Gasteiger partial charge in [-0.1, -0.05) is 12.2 Å². The van der Waals surface area contributed by atoms with Gasteiger partial charge in [-0.3, -0.25) is 4.79 Å². The van der Waals surface area contributed by atoms with E-state index in [0.29, 0.717) is 6.42 Å². The first kappa shape index (κ1) is 12.5. The molecule has 0 aliphatic heterocycles. The van der Waals surface area contributed by atoms with Crippen LogP contribution in [0.25, 0.3) is 0 Å². The van der Waals surface area contributed by atoms with Crippen LogP contribution in [0.4, 0.5) is 0 Å². The number of nitrogens with zero attached hydrogens (tertiary/aromatic N) is 1. The Kier molecular flexibility index (Phi) is 4.61. The molecule has 15 heavy (non-hydrogen) atoms. The summed E-state index contributed by atoms with van der Waals surface area (Å²) < 4.78 is 0. The first-order valence-electron chi connectivity index (χ1n) is 4.78. The molecule has 0 fully saturated rings. The van der Waals surface area contributed by atoms with Crippen LogP contribution in [0.3, 0.4) is 0 Å². The van der Waals surface area contributed by atoms with Crippen molar-refractivity contribution in [1.29, 1.82) is 0 Å². The summed E-state index contributed by atoms with van der Waals surface area (Å²) >= 11 is 11.6. The smallest absolute Gasteiger partial charge is 0.244 e. The highest BCUT2D eigenvalue weighted by atomic mass is 35.5. The van der Waals surface area contributed by atoms with Crippen LogP contribution in [-0.2, 0) is 4.79 Å². The molecule has 0 saturated heterocycles. The standard InChI is InChI=1S/C10H14Cl2N2O/c1-6(2)13-14-10(15)8-5-3-4-7(8)9(11)12/h3-4,7-9H,5H2,1-2H3,(H,14,15)/t7-,8+/m1/s1. The van der Waals surface area contributed by atoms with E-state index in [-0.39, 0.29) is 17.7 Å². The van der Waals surface area contributed by atoms with Gasteiger partial charge in [0.1, 0.15) is 4.84 Å². The van der Waals surface area contributed by atoms with Crippen LogP contribution in [0.5, 0.6) is 0 Å². The van der Waals surface area contributed by atoms with Crippen LogP contribution in [0.15, 0.2) is 17.3 Å². The predicted molar refractivity (Wildman–Crippen MR) is 63.2 cm³/mol. The van der Waals surface area contributed by atoms with E-state index < -0.39 is 4.84 Å². The largest absolute Gasteiger partial charge is 0.273 e. The number of rotatable bonds is 3. The molecule has 2 atom stereocenters. The predicted octanol–water partition coefficient (Wildman–Crippen LogP) is 2.49. The zero-order valence-electron chi connectivity index (χ0n) is 8.71.